The van der Waals surface area contributed by atoms with Gasteiger partial charge in [-0.3, -0.25) is 19.9 Å². The van der Waals surface area contributed by atoms with Gasteiger partial charge in [-0.1, -0.05) is 18.2 Å². The molecule has 0 aromatic carbocycles. The van der Waals surface area contributed by atoms with Crippen LogP contribution in [0.5, 0.6) is 0 Å². The third kappa shape index (κ3) is 3.90. The van der Waals surface area contributed by atoms with E-state index in [1.165, 1.54) is 0 Å². The van der Waals surface area contributed by atoms with Crippen molar-refractivity contribution in [3.05, 3.63) is 113 Å². The van der Waals surface area contributed by atoms with Crippen molar-refractivity contribution < 1.29 is 0 Å². The summed E-state index contributed by atoms with van der Waals surface area (Å²) in [6, 6.07) is 14.0. The quantitative estimate of drug-likeness (QED) is 0.450. The average Bonchev–Trinajstić information content (AvgIpc) is 2.74. The molecule has 4 heterocycles. The second kappa shape index (κ2) is 8.14. The van der Waals surface area contributed by atoms with Crippen LogP contribution in [0, 0.1) is 0 Å². The largest absolute Gasteiger partial charge is 0.264 e. The Morgan fingerprint density at radius 1 is 0.630 bits per heavy atom. The molecule has 0 fully saturated rings. The Kier molecular flexibility index (Phi) is 5.25. The standard InChI is InChI=1S/C21H16BrN5/c22-19-7-1-6-17(27-19)20(15-4-2-8-23-12-15)21(16-5-3-9-24-13-16)18-14-25-10-11-26-18/h1-14,20-21H. The molecule has 27 heavy (non-hydrogen) atoms. The van der Waals surface area contributed by atoms with E-state index in [4.69, 9.17) is 4.98 Å². The van der Waals surface area contributed by atoms with Crippen molar-refractivity contribution in [3.8, 4) is 0 Å². The van der Waals surface area contributed by atoms with Gasteiger partial charge in [-0.05, 0) is 51.3 Å². The van der Waals surface area contributed by atoms with Gasteiger partial charge in [-0.15, -0.1) is 0 Å². The maximum Gasteiger partial charge on any atom is 0.106 e. The number of nitrogens with zero attached hydrogens (tertiary/aromatic N) is 5. The lowest BCUT2D eigenvalue weighted by molar-refractivity contribution is 0.648. The molecule has 0 aliphatic carbocycles. The van der Waals surface area contributed by atoms with E-state index in [0.717, 1.165) is 27.1 Å². The fourth-order valence-corrected chi connectivity index (χ4v) is 3.61. The molecule has 0 saturated heterocycles. The van der Waals surface area contributed by atoms with Gasteiger partial charge in [0.05, 0.1) is 11.4 Å². The van der Waals surface area contributed by atoms with Gasteiger partial charge >= 0.3 is 0 Å². The van der Waals surface area contributed by atoms with E-state index in [-0.39, 0.29) is 11.8 Å². The summed E-state index contributed by atoms with van der Waals surface area (Å²) in [5.74, 6) is -0.185. The van der Waals surface area contributed by atoms with E-state index >= 15 is 0 Å². The predicted octanol–water partition coefficient (Wildman–Crippen LogP) is 4.39. The lowest BCUT2D eigenvalue weighted by Crippen LogP contribution is -2.17. The van der Waals surface area contributed by atoms with E-state index in [1.54, 1.807) is 31.0 Å². The first-order valence-electron chi connectivity index (χ1n) is 8.51. The fraction of sp³-hybridized carbons (Fsp3) is 0.0952. The maximum atomic E-state index is 4.74. The van der Waals surface area contributed by atoms with Crippen LogP contribution in [0.4, 0.5) is 0 Å². The number of pyridine rings is 3. The normalized spacial score (nSPS) is 13.1. The third-order valence-corrected chi connectivity index (χ3v) is 4.82. The van der Waals surface area contributed by atoms with Crippen molar-refractivity contribution >= 4 is 15.9 Å². The highest BCUT2D eigenvalue weighted by Crippen LogP contribution is 2.41. The molecule has 4 aromatic rings. The van der Waals surface area contributed by atoms with Gasteiger partial charge < -0.3 is 0 Å². The Morgan fingerprint density at radius 3 is 1.85 bits per heavy atom. The first-order valence-corrected chi connectivity index (χ1v) is 9.30. The van der Waals surface area contributed by atoms with Crippen LogP contribution < -0.4 is 0 Å². The molecule has 4 rings (SSSR count). The first-order chi connectivity index (χ1) is 13.3. The highest BCUT2D eigenvalue weighted by Gasteiger charge is 2.31. The average molecular weight is 418 g/mol. The zero-order chi connectivity index (χ0) is 18.5. The van der Waals surface area contributed by atoms with Gasteiger partial charge in [0.1, 0.15) is 4.60 Å². The molecular formula is C21H16BrN5. The van der Waals surface area contributed by atoms with E-state index in [9.17, 15) is 0 Å². The molecular weight excluding hydrogens is 402 g/mol. The number of halogens is 1. The minimum Gasteiger partial charge on any atom is -0.264 e. The van der Waals surface area contributed by atoms with E-state index in [2.05, 4.69) is 48.0 Å². The summed E-state index contributed by atoms with van der Waals surface area (Å²) < 4.78 is 0.790. The molecule has 5 nitrogen and oxygen atoms in total. The monoisotopic (exact) mass is 417 g/mol. The highest BCUT2D eigenvalue weighted by atomic mass is 79.9. The Morgan fingerprint density at radius 2 is 1.30 bits per heavy atom. The van der Waals surface area contributed by atoms with Gasteiger partial charge in [0.15, 0.2) is 0 Å². The molecule has 0 aliphatic rings. The molecule has 0 N–H and O–H groups in total. The molecule has 0 bridgehead atoms. The number of rotatable bonds is 5. The summed E-state index contributed by atoms with van der Waals surface area (Å²) in [4.78, 5) is 22.3. The van der Waals surface area contributed by atoms with Crippen LogP contribution in [0.15, 0.2) is 90.4 Å². The number of hydrogen-bond donors (Lipinski definition) is 0. The van der Waals surface area contributed by atoms with Gasteiger partial charge in [-0.25, -0.2) is 4.98 Å². The van der Waals surface area contributed by atoms with Crippen LogP contribution >= 0.6 is 15.9 Å². The Labute approximate surface area is 165 Å². The zero-order valence-corrected chi connectivity index (χ0v) is 15.9. The molecule has 2 atom stereocenters. The molecule has 6 heteroatoms. The lowest BCUT2D eigenvalue weighted by atomic mass is 9.78. The lowest BCUT2D eigenvalue weighted by Gasteiger charge is -2.27. The zero-order valence-electron chi connectivity index (χ0n) is 14.4. The Hall–Kier alpha value is -2.99. The summed E-state index contributed by atoms with van der Waals surface area (Å²) >= 11 is 3.50. The topological polar surface area (TPSA) is 64.5 Å². The summed E-state index contributed by atoms with van der Waals surface area (Å²) in [7, 11) is 0. The Bertz CT molecular complexity index is 957. The van der Waals surface area contributed by atoms with Crippen molar-refractivity contribution in [2.75, 3.05) is 0 Å². The first kappa shape index (κ1) is 17.4. The van der Waals surface area contributed by atoms with Crippen molar-refractivity contribution in [1.82, 2.24) is 24.9 Å². The van der Waals surface area contributed by atoms with Gasteiger partial charge in [-0.2, -0.15) is 0 Å². The van der Waals surface area contributed by atoms with Crippen LogP contribution in [0.25, 0.3) is 0 Å². The Balaban J connectivity index is 1.94. The van der Waals surface area contributed by atoms with Crippen LogP contribution in [-0.2, 0) is 0 Å². The third-order valence-electron chi connectivity index (χ3n) is 4.38. The van der Waals surface area contributed by atoms with Gasteiger partial charge in [0.25, 0.3) is 0 Å². The number of hydrogen-bond acceptors (Lipinski definition) is 5. The van der Waals surface area contributed by atoms with E-state index in [1.807, 2.05) is 42.7 Å². The molecule has 2 unspecified atom stereocenters. The molecule has 0 radical (unpaired) electrons. The summed E-state index contributed by atoms with van der Waals surface area (Å²) in [5.41, 5.74) is 3.90. The van der Waals surface area contributed by atoms with Gasteiger partial charge in [0, 0.05) is 55.2 Å². The van der Waals surface area contributed by atoms with Crippen molar-refractivity contribution in [2.24, 2.45) is 0 Å². The summed E-state index contributed by atoms with van der Waals surface area (Å²) in [6.07, 6.45) is 12.5. The predicted molar refractivity (Wildman–Crippen MR) is 106 cm³/mol. The summed E-state index contributed by atoms with van der Waals surface area (Å²) in [5, 5.41) is 0. The SMILES string of the molecule is Brc1cccc(C(c2cccnc2)C(c2cccnc2)c2cnccn2)n1. The van der Waals surface area contributed by atoms with Crippen molar-refractivity contribution in [2.45, 2.75) is 11.8 Å². The second-order valence-electron chi connectivity index (χ2n) is 6.04. The van der Waals surface area contributed by atoms with Crippen molar-refractivity contribution in [3.63, 3.8) is 0 Å². The smallest absolute Gasteiger partial charge is 0.106 e. The molecule has 132 valence electrons. The number of aromatic nitrogens is 5. The minimum atomic E-state index is -0.0987. The molecule has 4 aromatic heterocycles. The van der Waals surface area contributed by atoms with Crippen LogP contribution in [-0.4, -0.2) is 24.9 Å². The summed E-state index contributed by atoms with van der Waals surface area (Å²) in [6.45, 7) is 0. The van der Waals surface area contributed by atoms with Crippen molar-refractivity contribution in [1.29, 1.82) is 0 Å². The molecule has 0 aliphatic heterocycles. The van der Waals surface area contributed by atoms with Crippen LogP contribution in [0.3, 0.4) is 0 Å². The second-order valence-corrected chi connectivity index (χ2v) is 6.86. The van der Waals surface area contributed by atoms with Crippen LogP contribution in [0.2, 0.25) is 0 Å². The molecule has 0 saturated carbocycles. The van der Waals surface area contributed by atoms with E-state index < -0.39 is 0 Å². The molecule has 0 amide bonds. The maximum absolute atomic E-state index is 4.74. The highest BCUT2D eigenvalue weighted by molar-refractivity contribution is 9.10. The van der Waals surface area contributed by atoms with E-state index in [0.29, 0.717) is 0 Å². The molecule has 0 spiro atoms. The van der Waals surface area contributed by atoms with Gasteiger partial charge in [0.2, 0.25) is 0 Å². The minimum absolute atomic E-state index is 0.0860. The van der Waals surface area contributed by atoms with Crippen LogP contribution in [0.1, 0.15) is 34.4 Å². The fourth-order valence-electron chi connectivity index (χ4n) is 3.26.